The molecule has 9 heteroatoms. The number of amides is 2. The second kappa shape index (κ2) is 8.16. The minimum atomic E-state index is -5.04. The molecule has 0 heterocycles. The fourth-order valence-electron chi connectivity index (χ4n) is 1.43. The lowest BCUT2D eigenvalue weighted by Gasteiger charge is -2.09. The Labute approximate surface area is 130 Å². The number of hydrogen-bond acceptors (Lipinski definition) is 4. The summed E-state index contributed by atoms with van der Waals surface area (Å²) in [6.07, 6.45) is -4.36. The second-order valence-electron chi connectivity index (χ2n) is 4.44. The first-order chi connectivity index (χ1) is 10.7. The Hall–Kier alpha value is -2.58. The zero-order valence-corrected chi connectivity index (χ0v) is 12.2. The van der Waals surface area contributed by atoms with Gasteiger partial charge in [-0.05, 0) is 30.7 Å². The van der Waals surface area contributed by atoms with Crippen LogP contribution in [0.5, 0.6) is 0 Å². The van der Waals surface area contributed by atoms with Crippen molar-refractivity contribution in [2.75, 3.05) is 18.5 Å². The first-order valence-corrected chi connectivity index (χ1v) is 6.66. The smallest absolute Gasteiger partial charge is 0.462 e. The molecule has 126 valence electrons. The third-order valence-electron chi connectivity index (χ3n) is 2.51. The summed E-state index contributed by atoms with van der Waals surface area (Å²) in [6, 6.07) is 5.60. The number of carbonyl (C=O) groups excluding carboxylic acids is 3. The predicted octanol–water partition coefficient (Wildman–Crippen LogP) is 1.87. The lowest BCUT2D eigenvalue weighted by molar-refractivity contribution is -0.173. The highest BCUT2D eigenvalue weighted by molar-refractivity contribution is 5.96. The molecule has 6 nitrogen and oxygen atoms in total. The Kier molecular flexibility index (Phi) is 6.55. The SMILES string of the molecule is CCCOC(=O)c1ccc(NC(=O)CNC(=O)C(F)(F)F)cc1. The molecule has 0 radical (unpaired) electrons. The second-order valence-corrected chi connectivity index (χ2v) is 4.44. The first kappa shape index (κ1) is 18.5. The lowest BCUT2D eigenvalue weighted by Crippen LogP contribution is -2.41. The Balaban J connectivity index is 2.50. The van der Waals surface area contributed by atoms with Gasteiger partial charge in [0.2, 0.25) is 5.91 Å². The molecular formula is C14H15F3N2O4. The number of alkyl halides is 3. The third kappa shape index (κ3) is 6.37. The lowest BCUT2D eigenvalue weighted by atomic mass is 10.2. The first-order valence-electron chi connectivity index (χ1n) is 6.66. The van der Waals surface area contributed by atoms with E-state index in [0.29, 0.717) is 6.42 Å². The summed E-state index contributed by atoms with van der Waals surface area (Å²) in [5.41, 5.74) is 0.546. The van der Waals surface area contributed by atoms with Crippen LogP contribution in [-0.2, 0) is 14.3 Å². The van der Waals surface area contributed by atoms with E-state index in [2.05, 4.69) is 5.32 Å². The fraction of sp³-hybridized carbons (Fsp3) is 0.357. The molecule has 0 aliphatic carbocycles. The van der Waals surface area contributed by atoms with Crippen molar-refractivity contribution in [3.05, 3.63) is 29.8 Å². The van der Waals surface area contributed by atoms with Gasteiger partial charge in [0, 0.05) is 5.69 Å². The van der Waals surface area contributed by atoms with Crippen LogP contribution in [-0.4, -0.2) is 37.1 Å². The summed E-state index contributed by atoms with van der Waals surface area (Å²) in [7, 11) is 0. The highest BCUT2D eigenvalue weighted by Crippen LogP contribution is 2.14. The molecule has 0 unspecified atom stereocenters. The maximum absolute atomic E-state index is 11.9. The molecule has 0 aliphatic rings. The standard InChI is InChI=1S/C14H15F3N2O4/c1-2-7-23-12(21)9-3-5-10(6-4-9)19-11(20)8-18-13(22)14(15,16)17/h3-6H,2,7-8H2,1H3,(H,18,22)(H,19,20). The number of halogens is 3. The average molecular weight is 332 g/mol. The van der Waals surface area contributed by atoms with Gasteiger partial charge in [0.15, 0.2) is 0 Å². The zero-order valence-electron chi connectivity index (χ0n) is 12.2. The van der Waals surface area contributed by atoms with Gasteiger partial charge in [0.05, 0.1) is 18.7 Å². The monoisotopic (exact) mass is 332 g/mol. The molecule has 0 bridgehead atoms. The number of esters is 1. The minimum Gasteiger partial charge on any atom is -0.462 e. The zero-order chi connectivity index (χ0) is 17.5. The van der Waals surface area contributed by atoms with Gasteiger partial charge in [-0.1, -0.05) is 6.92 Å². The summed E-state index contributed by atoms with van der Waals surface area (Å²) in [5.74, 6) is -3.53. The van der Waals surface area contributed by atoms with E-state index in [4.69, 9.17) is 4.74 Å². The molecule has 0 saturated carbocycles. The molecule has 0 fully saturated rings. The van der Waals surface area contributed by atoms with Gasteiger partial charge in [-0.3, -0.25) is 9.59 Å². The maximum Gasteiger partial charge on any atom is 0.471 e. The molecule has 0 spiro atoms. The summed E-state index contributed by atoms with van der Waals surface area (Å²) in [5, 5.41) is 3.73. The van der Waals surface area contributed by atoms with Crippen molar-refractivity contribution in [1.29, 1.82) is 0 Å². The van der Waals surface area contributed by atoms with Crippen LogP contribution in [0.2, 0.25) is 0 Å². The predicted molar refractivity (Wildman–Crippen MR) is 74.7 cm³/mol. The Morgan fingerprint density at radius 3 is 2.26 bits per heavy atom. The van der Waals surface area contributed by atoms with Gasteiger partial charge >= 0.3 is 18.1 Å². The highest BCUT2D eigenvalue weighted by Gasteiger charge is 2.38. The quantitative estimate of drug-likeness (QED) is 0.779. The van der Waals surface area contributed by atoms with E-state index in [1.54, 1.807) is 0 Å². The number of carbonyl (C=O) groups is 3. The van der Waals surface area contributed by atoms with Crippen LogP contribution in [0.25, 0.3) is 0 Å². The molecule has 2 amide bonds. The topological polar surface area (TPSA) is 84.5 Å². The summed E-state index contributed by atoms with van der Waals surface area (Å²) >= 11 is 0. The van der Waals surface area contributed by atoms with Crippen molar-refractivity contribution in [2.45, 2.75) is 19.5 Å². The van der Waals surface area contributed by atoms with Crippen LogP contribution in [0, 0.1) is 0 Å². The van der Waals surface area contributed by atoms with Crippen molar-refractivity contribution in [3.8, 4) is 0 Å². The van der Waals surface area contributed by atoms with Crippen LogP contribution >= 0.6 is 0 Å². The van der Waals surface area contributed by atoms with Gasteiger partial charge in [0.25, 0.3) is 0 Å². The summed E-state index contributed by atoms with van der Waals surface area (Å²) < 4.78 is 40.8. The number of ether oxygens (including phenoxy) is 1. The number of nitrogens with one attached hydrogen (secondary N) is 2. The van der Waals surface area contributed by atoms with Crippen LogP contribution in [0.15, 0.2) is 24.3 Å². The van der Waals surface area contributed by atoms with Crippen molar-refractivity contribution in [2.24, 2.45) is 0 Å². The molecule has 0 aliphatic heterocycles. The van der Waals surface area contributed by atoms with Crippen molar-refractivity contribution < 1.29 is 32.3 Å². The van der Waals surface area contributed by atoms with E-state index in [1.807, 2.05) is 6.92 Å². The van der Waals surface area contributed by atoms with Crippen molar-refractivity contribution in [3.63, 3.8) is 0 Å². The van der Waals surface area contributed by atoms with E-state index in [1.165, 1.54) is 29.6 Å². The van der Waals surface area contributed by atoms with E-state index in [9.17, 15) is 27.6 Å². The molecule has 0 aromatic heterocycles. The van der Waals surface area contributed by atoms with Crippen molar-refractivity contribution in [1.82, 2.24) is 5.32 Å². The maximum atomic E-state index is 11.9. The third-order valence-corrected chi connectivity index (χ3v) is 2.51. The Morgan fingerprint density at radius 2 is 1.74 bits per heavy atom. The number of rotatable bonds is 6. The summed E-state index contributed by atoms with van der Waals surface area (Å²) in [6.45, 7) is 1.32. The van der Waals surface area contributed by atoms with Gasteiger partial charge in [-0.15, -0.1) is 0 Å². The van der Waals surface area contributed by atoms with E-state index in [0.717, 1.165) is 0 Å². The number of hydrogen-bond donors (Lipinski definition) is 2. The van der Waals surface area contributed by atoms with Crippen LogP contribution in [0.4, 0.5) is 18.9 Å². The van der Waals surface area contributed by atoms with Crippen molar-refractivity contribution >= 4 is 23.5 Å². The molecule has 1 rings (SSSR count). The molecule has 2 N–H and O–H groups in total. The Bertz CT molecular complexity index is 570. The molecule has 0 atom stereocenters. The number of benzene rings is 1. The summed E-state index contributed by atoms with van der Waals surface area (Å²) in [4.78, 5) is 33.5. The minimum absolute atomic E-state index is 0.267. The largest absolute Gasteiger partial charge is 0.471 e. The van der Waals surface area contributed by atoms with E-state index < -0.39 is 30.5 Å². The van der Waals surface area contributed by atoms with E-state index in [-0.39, 0.29) is 17.9 Å². The van der Waals surface area contributed by atoms with Crippen LogP contribution in [0.3, 0.4) is 0 Å². The fourth-order valence-corrected chi connectivity index (χ4v) is 1.43. The molecule has 0 saturated heterocycles. The molecule has 1 aromatic carbocycles. The van der Waals surface area contributed by atoms with Crippen LogP contribution < -0.4 is 10.6 Å². The highest BCUT2D eigenvalue weighted by atomic mass is 19.4. The van der Waals surface area contributed by atoms with Gasteiger partial charge in [-0.25, -0.2) is 4.79 Å². The average Bonchev–Trinajstić information content (AvgIpc) is 2.50. The van der Waals surface area contributed by atoms with Crippen LogP contribution in [0.1, 0.15) is 23.7 Å². The molecular weight excluding hydrogens is 317 g/mol. The van der Waals surface area contributed by atoms with E-state index >= 15 is 0 Å². The normalized spacial score (nSPS) is 10.8. The van der Waals surface area contributed by atoms with Gasteiger partial charge in [-0.2, -0.15) is 13.2 Å². The molecule has 23 heavy (non-hydrogen) atoms. The number of anilines is 1. The van der Waals surface area contributed by atoms with Gasteiger partial charge in [0.1, 0.15) is 0 Å². The Morgan fingerprint density at radius 1 is 1.13 bits per heavy atom. The molecule has 1 aromatic rings. The van der Waals surface area contributed by atoms with Gasteiger partial charge < -0.3 is 15.4 Å².